The molecule has 1 N–H and O–H groups in total. The van der Waals surface area contributed by atoms with Gasteiger partial charge in [-0.25, -0.2) is 9.59 Å². The number of ether oxygens (including phenoxy) is 3. The first-order valence-electron chi connectivity index (χ1n) is 11.6. The second kappa shape index (κ2) is 14.8. The van der Waals surface area contributed by atoms with E-state index in [1.165, 1.54) is 0 Å². The number of carbonyl (C=O) groups excluding carboxylic acids is 1. The highest BCUT2D eigenvalue weighted by atomic mass is 35.5. The highest BCUT2D eigenvalue weighted by Gasteiger charge is 2.18. The molecule has 0 aliphatic carbocycles. The molecular weight excluding hydrogens is 493 g/mol. The topological polar surface area (TPSA) is 85.3 Å². The zero-order valence-electron chi connectivity index (χ0n) is 20.3. The number of rotatable bonds is 14. The summed E-state index contributed by atoms with van der Waals surface area (Å²) in [5.74, 6) is -0.359. The van der Waals surface area contributed by atoms with Crippen molar-refractivity contribution in [3.8, 4) is 5.75 Å². The number of aliphatic carboxylic acids is 1. The third kappa shape index (κ3) is 10.8. The van der Waals surface area contributed by atoms with Gasteiger partial charge >= 0.3 is 12.1 Å². The maximum absolute atomic E-state index is 12.5. The SMILES string of the molecule is CCOC(Cc1ccc(OCCN(CCCc2cc(Cl)cc(Cl)c2)C(=O)OC(C)C)cc1)C(=O)O. The zero-order valence-corrected chi connectivity index (χ0v) is 21.8. The van der Waals surface area contributed by atoms with Crippen molar-refractivity contribution in [3.05, 3.63) is 63.6 Å². The Balaban J connectivity index is 1.89. The average molecular weight is 526 g/mol. The second-order valence-electron chi connectivity index (χ2n) is 8.28. The summed E-state index contributed by atoms with van der Waals surface area (Å²) in [6.07, 6.45) is 0.206. The fourth-order valence-corrected chi connectivity index (χ4v) is 4.00. The minimum atomic E-state index is -0.987. The predicted octanol–water partition coefficient (Wildman–Crippen LogP) is 5.88. The zero-order chi connectivity index (χ0) is 25.8. The van der Waals surface area contributed by atoms with Crippen molar-refractivity contribution in [2.75, 3.05) is 26.3 Å². The van der Waals surface area contributed by atoms with Gasteiger partial charge in [-0.1, -0.05) is 35.3 Å². The highest BCUT2D eigenvalue weighted by molar-refractivity contribution is 6.34. The number of halogens is 2. The molecule has 0 radical (unpaired) electrons. The van der Waals surface area contributed by atoms with Gasteiger partial charge in [0, 0.05) is 29.6 Å². The van der Waals surface area contributed by atoms with Crippen molar-refractivity contribution in [2.45, 2.75) is 52.2 Å². The number of carboxylic acids is 1. The van der Waals surface area contributed by atoms with Gasteiger partial charge in [0.05, 0.1) is 12.6 Å². The normalized spacial score (nSPS) is 11.8. The molecule has 0 heterocycles. The van der Waals surface area contributed by atoms with Crippen LogP contribution < -0.4 is 4.74 Å². The largest absolute Gasteiger partial charge is 0.492 e. The average Bonchev–Trinajstić information content (AvgIpc) is 2.77. The van der Waals surface area contributed by atoms with Crippen LogP contribution in [-0.4, -0.2) is 60.6 Å². The molecule has 1 unspecified atom stereocenters. The van der Waals surface area contributed by atoms with Gasteiger partial charge in [0.25, 0.3) is 0 Å². The van der Waals surface area contributed by atoms with Crippen LogP contribution in [0, 0.1) is 0 Å². The van der Waals surface area contributed by atoms with Gasteiger partial charge in [0.1, 0.15) is 12.4 Å². The monoisotopic (exact) mass is 525 g/mol. The summed E-state index contributed by atoms with van der Waals surface area (Å²) >= 11 is 12.1. The summed E-state index contributed by atoms with van der Waals surface area (Å²) in [7, 11) is 0. The molecule has 192 valence electrons. The van der Waals surface area contributed by atoms with Gasteiger partial charge in [0.15, 0.2) is 6.10 Å². The van der Waals surface area contributed by atoms with E-state index in [4.69, 9.17) is 37.4 Å². The number of hydrogen-bond donors (Lipinski definition) is 1. The van der Waals surface area contributed by atoms with Gasteiger partial charge in [-0.2, -0.15) is 0 Å². The van der Waals surface area contributed by atoms with E-state index < -0.39 is 18.2 Å². The Labute approximate surface area is 216 Å². The summed E-state index contributed by atoms with van der Waals surface area (Å²) in [5, 5.41) is 10.4. The molecule has 35 heavy (non-hydrogen) atoms. The maximum Gasteiger partial charge on any atom is 0.410 e. The quantitative estimate of drug-likeness (QED) is 0.331. The van der Waals surface area contributed by atoms with E-state index in [1.54, 1.807) is 30.0 Å². The predicted molar refractivity (Wildman–Crippen MR) is 137 cm³/mol. The van der Waals surface area contributed by atoms with Gasteiger partial charge in [-0.3, -0.25) is 0 Å². The number of nitrogens with zero attached hydrogens (tertiary/aromatic N) is 1. The van der Waals surface area contributed by atoms with Gasteiger partial charge in [0.2, 0.25) is 0 Å². The summed E-state index contributed by atoms with van der Waals surface area (Å²) in [5.41, 5.74) is 1.84. The van der Waals surface area contributed by atoms with Gasteiger partial charge in [-0.05, 0) is 75.1 Å². The summed E-state index contributed by atoms with van der Waals surface area (Å²) in [6.45, 7) is 6.85. The molecule has 7 nitrogen and oxygen atoms in total. The Morgan fingerprint density at radius 2 is 1.66 bits per heavy atom. The molecule has 0 aliphatic heterocycles. The lowest BCUT2D eigenvalue weighted by Crippen LogP contribution is -2.37. The molecular formula is C26H33Cl2NO6. The fourth-order valence-electron chi connectivity index (χ4n) is 3.43. The van der Waals surface area contributed by atoms with E-state index in [0.29, 0.717) is 48.3 Å². The first-order valence-corrected chi connectivity index (χ1v) is 12.4. The molecule has 1 amide bonds. The molecule has 0 saturated heterocycles. The highest BCUT2D eigenvalue weighted by Crippen LogP contribution is 2.20. The number of carboxylic acid groups (broad SMARTS) is 1. The molecule has 2 aromatic carbocycles. The molecule has 0 saturated carbocycles. The molecule has 0 aliphatic rings. The standard InChI is InChI=1S/C26H33Cl2NO6/c1-4-33-24(25(30)31)16-19-7-9-23(10-8-19)34-13-12-29(26(32)35-18(2)3)11-5-6-20-14-21(27)17-22(28)15-20/h7-10,14-15,17-18,24H,4-6,11-13,16H2,1-3H3,(H,30,31). The van der Waals surface area contributed by atoms with E-state index in [-0.39, 0.29) is 19.1 Å². The third-order valence-corrected chi connectivity index (χ3v) is 5.46. The lowest BCUT2D eigenvalue weighted by atomic mass is 10.1. The lowest BCUT2D eigenvalue weighted by molar-refractivity contribution is -0.149. The number of aryl methyl sites for hydroxylation is 1. The van der Waals surface area contributed by atoms with Crippen LogP contribution in [0.2, 0.25) is 10.0 Å². The Kier molecular flexibility index (Phi) is 12.2. The Bertz CT molecular complexity index is 931. The van der Waals surface area contributed by atoms with Gasteiger partial charge in [-0.15, -0.1) is 0 Å². The maximum atomic E-state index is 12.5. The van der Waals surface area contributed by atoms with Crippen LogP contribution >= 0.6 is 23.2 Å². The van der Waals surface area contributed by atoms with Crippen LogP contribution in [0.25, 0.3) is 0 Å². The molecule has 0 spiro atoms. The van der Waals surface area contributed by atoms with Crippen LogP contribution in [0.5, 0.6) is 5.75 Å². The minimum Gasteiger partial charge on any atom is -0.492 e. The van der Waals surface area contributed by atoms with Crippen molar-refractivity contribution in [3.63, 3.8) is 0 Å². The van der Waals surface area contributed by atoms with E-state index >= 15 is 0 Å². The van der Waals surface area contributed by atoms with Crippen LogP contribution in [0.15, 0.2) is 42.5 Å². The third-order valence-electron chi connectivity index (χ3n) is 5.03. The summed E-state index contributed by atoms with van der Waals surface area (Å²) < 4.78 is 16.4. The summed E-state index contributed by atoms with van der Waals surface area (Å²) in [4.78, 5) is 25.4. The first kappa shape index (κ1) is 28.8. The number of hydrogen-bond acceptors (Lipinski definition) is 5. The molecule has 1 atom stereocenters. The van der Waals surface area contributed by atoms with E-state index in [2.05, 4.69) is 0 Å². The van der Waals surface area contributed by atoms with Crippen LogP contribution in [0.4, 0.5) is 4.79 Å². The van der Waals surface area contributed by atoms with Gasteiger partial charge < -0.3 is 24.2 Å². The van der Waals surface area contributed by atoms with Crippen LogP contribution in [0.3, 0.4) is 0 Å². The fraction of sp³-hybridized carbons (Fsp3) is 0.462. The van der Waals surface area contributed by atoms with Crippen molar-refractivity contribution < 1.29 is 28.9 Å². The van der Waals surface area contributed by atoms with Crippen molar-refractivity contribution in [1.82, 2.24) is 4.90 Å². The Morgan fingerprint density at radius 3 is 2.23 bits per heavy atom. The number of amides is 1. The molecule has 0 fully saturated rings. The van der Waals surface area contributed by atoms with E-state index in [0.717, 1.165) is 11.1 Å². The molecule has 2 rings (SSSR count). The van der Waals surface area contributed by atoms with Crippen molar-refractivity contribution in [1.29, 1.82) is 0 Å². The Hall–Kier alpha value is -2.48. The van der Waals surface area contributed by atoms with Crippen LogP contribution in [0.1, 0.15) is 38.3 Å². The second-order valence-corrected chi connectivity index (χ2v) is 9.15. The molecule has 9 heteroatoms. The molecule has 2 aromatic rings. The van der Waals surface area contributed by atoms with E-state index in [1.807, 2.05) is 38.1 Å². The first-order chi connectivity index (χ1) is 16.7. The number of benzene rings is 2. The number of carbonyl (C=O) groups is 2. The van der Waals surface area contributed by atoms with Crippen LogP contribution in [-0.2, 0) is 27.1 Å². The van der Waals surface area contributed by atoms with Crippen molar-refractivity contribution >= 4 is 35.3 Å². The summed E-state index contributed by atoms with van der Waals surface area (Å²) in [6, 6.07) is 12.6. The van der Waals surface area contributed by atoms with E-state index in [9.17, 15) is 14.7 Å². The lowest BCUT2D eigenvalue weighted by Gasteiger charge is -2.23. The smallest absolute Gasteiger partial charge is 0.410 e. The Morgan fingerprint density at radius 1 is 1.00 bits per heavy atom. The minimum absolute atomic E-state index is 0.225. The molecule has 0 aromatic heterocycles. The molecule has 0 bridgehead atoms. The van der Waals surface area contributed by atoms with Crippen molar-refractivity contribution in [2.24, 2.45) is 0 Å².